The molecule has 1 aliphatic carbocycles. The molecule has 0 unspecified atom stereocenters. The van der Waals surface area contributed by atoms with Crippen molar-refractivity contribution in [3.05, 3.63) is 24.2 Å². The molecule has 3 rings (SSSR count). The second-order valence-electron chi connectivity index (χ2n) is 7.14. The average molecular weight is 361 g/mol. The maximum atomic E-state index is 12.9. The molecule has 2 aliphatic rings. The molecule has 1 N–H and O–H groups in total. The number of amides is 3. The maximum absolute atomic E-state index is 12.9. The molecular formula is C19H27N3O4. The van der Waals surface area contributed by atoms with Gasteiger partial charge in [-0.1, -0.05) is 0 Å². The first kappa shape index (κ1) is 18.5. The van der Waals surface area contributed by atoms with Crippen LogP contribution in [-0.4, -0.2) is 59.2 Å². The lowest BCUT2D eigenvalue weighted by Crippen LogP contribution is -2.47. The molecule has 26 heavy (non-hydrogen) atoms. The summed E-state index contributed by atoms with van der Waals surface area (Å²) in [6.07, 6.45) is 6.06. The van der Waals surface area contributed by atoms with Crippen LogP contribution < -0.4 is 5.32 Å². The molecule has 3 amide bonds. The Labute approximate surface area is 153 Å². The molecule has 7 nitrogen and oxygen atoms in total. The SMILES string of the molecule is CCN(CC)C(=O)[C@@H]1C[C@H](NC(=O)CC2CC2)CN1C(=O)c1ccoc1. The lowest BCUT2D eigenvalue weighted by Gasteiger charge is -2.28. The van der Waals surface area contributed by atoms with E-state index in [1.165, 1.54) is 12.5 Å². The highest BCUT2D eigenvalue weighted by Gasteiger charge is 2.42. The number of likely N-dealkylation sites (N-methyl/N-ethyl adjacent to an activating group) is 1. The zero-order valence-corrected chi connectivity index (χ0v) is 15.4. The van der Waals surface area contributed by atoms with Crippen molar-refractivity contribution in [2.45, 2.75) is 51.6 Å². The zero-order valence-electron chi connectivity index (χ0n) is 15.4. The van der Waals surface area contributed by atoms with Gasteiger partial charge in [0.1, 0.15) is 12.3 Å². The van der Waals surface area contributed by atoms with E-state index in [4.69, 9.17) is 4.42 Å². The fourth-order valence-corrected chi connectivity index (χ4v) is 3.57. The highest BCUT2D eigenvalue weighted by molar-refractivity contribution is 5.98. The summed E-state index contributed by atoms with van der Waals surface area (Å²) in [4.78, 5) is 41.2. The summed E-state index contributed by atoms with van der Waals surface area (Å²) in [6.45, 7) is 5.38. The fourth-order valence-electron chi connectivity index (χ4n) is 3.57. The minimum atomic E-state index is -0.552. The van der Waals surface area contributed by atoms with Crippen LogP contribution in [0.1, 0.15) is 49.9 Å². The van der Waals surface area contributed by atoms with Gasteiger partial charge in [-0.15, -0.1) is 0 Å². The van der Waals surface area contributed by atoms with Gasteiger partial charge < -0.3 is 19.5 Å². The summed E-state index contributed by atoms with van der Waals surface area (Å²) < 4.78 is 5.01. The molecule has 2 fully saturated rings. The molecule has 2 heterocycles. The van der Waals surface area contributed by atoms with Gasteiger partial charge in [0.25, 0.3) is 5.91 Å². The first-order chi connectivity index (χ1) is 12.5. The Balaban J connectivity index is 1.72. The van der Waals surface area contributed by atoms with Gasteiger partial charge in [-0.05, 0) is 45.1 Å². The highest BCUT2D eigenvalue weighted by Crippen LogP contribution is 2.32. The van der Waals surface area contributed by atoms with Crippen LogP contribution in [-0.2, 0) is 9.59 Å². The number of hydrogen-bond acceptors (Lipinski definition) is 4. The second kappa shape index (κ2) is 7.93. The third-order valence-electron chi connectivity index (χ3n) is 5.23. The van der Waals surface area contributed by atoms with E-state index in [9.17, 15) is 14.4 Å². The molecule has 1 aromatic heterocycles. The van der Waals surface area contributed by atoms with E-state index in [2.05, 4.69) is 5.32 Å². The van der Waals surface area contributed by atoms with Crippen LogP contribution in [0.4, 0.5) is 0 Å². The van der Waals surface area contributed by atoms with Crippen LogP contribution in [0.2, 0.25) is 0 Å². The first-order valence-electron chi connectivity index (χ1n) is 9.44. The lowest BCUT2D eigenvalue weighted by atomic mass is 10.1. The number of carbonyl (C=O) groups excluding carboxylic acids is 3. The Morgan fingerprint density at radius 1 is 1.27 bits per heavy atom. The molecule has 7 heteroatoms. The summed E-state index contributed by atoms with van der Waals surface area (Å²) in [6, 6.07) is 0.852. The van der Waals surface area contributed by atoms with Crippen molar-refractivity contribution in [2.75, 3.05) is 19.6 Å². The molecule has 1 saturated carbocycles. The van der Waals surface area contributed by atoms with Crippen molar-refractivity contribution < 1.29 is 18.8 Å². The second-order valence-corrected chi connectivity index (χ2v) is 7.14. The van der Waals surface area contributed by atoms with Crippen LogP contribution >= 0.6 is 0 Å². The largest absolute Gasteiger partial charge is 0.472 e. The number of furan rings is 1. The summed E-state index contributed by atoms with van der Waals surface area (Å²) in [5, 5.41) is 3.01. The number of nitrogens with zero attached hydrogens (tertiary/aromatic N) is 2. The van der Waals surface area contributed by atoms with Crippen molar-refractivity contribution in [3.63, 3.8) is 0 Å². The van der Waals surface area contributed by atoms with E-state index >= 15 is 0 Å². The Morgan fingerprint density at radius 3 is 2.58 bits per heavy atom. The Morgan fingerprint density at radius 2 is 2.00 bits per heavy atom. The van der Waals surface area contributed by atoms with Crippen LogP contribution in [0.3, 0.4) is 0 Å². The molecule has 0 radical (unpaired) electrons. The molecule has 142 valence electrons. The molecular weight excluding hydrogens is 334 g/mol. The molecule has 1 aliphatic heterocycles. The first-order valence-corrected chi connectivity index (χ1v) is 9.44. The van der Waals surface area contributed by atoms with Gasteiger partial charge >= 0.3 is 0 Å². The maximum Gasteiger partial charge on any atom is 0.257 e. The number of nitrogens with one attached hydrogen (secondary N) is 1. The Bertz CT molecular complexity index is 650. The Hall–Kier alpha value is -2.31. The average Bonchev–Trinajstić information content (AvgIpc) is 3.12. The summed E-state index contributed by atoms with van der Waals surface area (Å²) in [7, 11) is 0. The van der Waals surface area contributed by atoms with E-state index < -0.39 is 6.04 Å². The molecule has 0 aromatic carbocycles. The normalized spacial score (nSPS) is 22.3. The van der Waals surface area contributed by atoms with E-state index in [0.717, 1.165) is 12.8 Å². The molecule has 0 spiro atoms. The van der Waals surface area contributed by atoms with Crippen molar-refractivity contribution in [3.8, 4) is 0 Å². The number of hydrogen-bond donors (Lipinski definition) is 1. The molecule has 2 atom stereocenters. The lowest BCUT2D eigenvalue weighted by molar-refractivity contribution is -0.135. The van der Waals surface area contributed by atoms with E-state index in [-0.39, 0.29) is 23.8 Å². The summed E-state index contributed by atoms with van der Waals surface area (Å²) in [5.41, 5.74) is 0.423. The van der Waals surface area contributed by atoms with E-state index in [0.29, 0.717) is 44.0 Å². The van der Waals surface area contributed by atoms with Gasteiger partial charge in [-0.2, -0.15) is 0 Å². The van der Waals surface area contributed by atoms with Crippen LogP contribution in [0.5, 0.6) is 0 Å². The fraction of sp³-hybridized carbons (Fsp3) is 0.632. The van der Waals surface area contributed by atoms with Crippen molar-refractivity contribution in [1.82, 2.24) is 15.1 Å². The third-order valence-corrected chi connectivity index (χ3v) is 5.23. The monoisotopic (exact) mass is 361 g/mol. The van der Waals surface area contributed by atoms with Gasteiger partial charge in [0, 0.05) is 32.1 Å². The molecule has 0 bridgehead atoms. The molecule has 1 aromatic rings. The van der Waals surface area contributed by atoms with Gasteiger partial charge in [-0.25, -0.2) is 0 Å². The van der Waals surface area contributed by atoms with Gasteiger partial charge in [0.15, 0.2) is 0 Å². The van der Waals surface area contributed by atoms with Crippen LogP contribution in [0.25, 0.3) is 0 Å². The quantitative estimate of drug-likeness (QED) is 0.800. The van der Waals surface area contributed by atoms with Gasteiger partial charge in [0.05, 0.1) is 11.8 Å². The minimum absolute atomic E-state index is 0.0177. The van der Waals surface area contributed by atoms with Crippen molar-refractivity contribution in [2.24, 2.45) is 5.92 Å². The minimum Gasteiger partial charge on any atom is -0.472 e. The zero-order chi connectivity index (χ0) is 18.7. The van der Waals surface area contributed by atoms with Gasteiger partial charge in [0.2, 0.25) is 11.8 Å². The smallest absolute Gasteiger partial charge is 0.257 e. The van der Waals surface area contributed by atoms with Gasteiger partial charge in [-0.3, -0.25) is 14.4 Å². The van der Waals surface area contributed by atoms with Crippen LogP contribution in [0.15, 0.2) is 23.0 Å². The number of rotatable bonds is 7. The van der Waals surface area contributed by atoms with Crippen LogP contribution in [0, 0.1) is 5.92 Å². The summed E-state index contributed by atoms with van der Waals surface area (Å²) in [5.74, 6) is 0.228. The third kappa shape index (κ3) is 4.08. The molecule has 1 saturated heterocycles. The predicted octanol–water partition coefficient (Wildman–Crippen LogP) is 1.65. The van der Waals surface area contributed by atoms with E-state index in [1.54, 1.807) is 15.9 Å². The Kier molecular flexibility index (Phi) is 5.64. The highest BCUT2D eigenvalue weighted by atomic mass is 16.3. The summed E-state index contributed by atoms with van der Waals surface area (Å²) >= 11 is 0. The number of likely N-dealkylation sites (tertiary alicyclic amines) is 1. The van der Waals surface area contributed by atoms with Crippen molar-refractivity contribution >= 4 is 17.7 Å². The topological polar surface area (TPSA) is 82.9 Å². The standard InChI is InChI=1S/C19H27N3O4/c1-3-21(4-2)19(25)16-10-15(20-17(23)9-13-5-6-13)11-22(16)18(24)14-7-8-26-12-14/h7-8,12-13,15-16H,3-6,9-11H2,1-2H3,(H,20,23)/t15-,16-/m0/s1. The predicted molar refractivity (Wildman–Crippen MR) is 95.3 cm³/mol. The van der Waals surface area contributed by atoms with E-state index in [1.807, 2.05) is 13.8 Å². The number of carbonyl (C=O) groups is 3. The van der Waals surface area contributed by atoms with Crippen molar-refractivity contribution in [1.29, 1.82) is 0 Å².